The normalized spacial score (nSPS) is 15.6. The first-order chi connectivity index (χ1) is 12.0. The highest BCUT2D eigenvalue weighted by Gasteiger charge is 2.19. The zero-order valence-electron chi connectivity index (χ0n) is 14.9. The van der Waals surface area contributed by atoms with E-state index in [1.807, 2.05) is 0 Å². The van der Waals surface area contributed by atoms with Gasteiger partial charge in [-0.15, -0.1) is 0 Å². The molecule has 2 aromatic rings. The molecule has 0 unspecified atom stereocenters. The van der Waals surface area contributed by atoms with Gasteiger partial charge in [-0.3, -0.25) is 14.7 Å². The number of carbonyl (C=O) groups is 1. The SMILES string of the molecule is CC(C)c1ccc(CN2CCN(c3cncc(C(N)=O)n3)CC2)cc1. The minimum absolute atomic E-state index is 0.213. The summed E-state index contributed by atoms with van der Waals surface area (Å²) in [5.41, 5.74) is 8.21. The molecule has 0 saturated carbocycles. The van der Waals surface area contributed by atoms with E-state index in [1.54, 1.807) is 6.20 Å². The Balaban J connectivity index is 1.56. The summed E-state index contributed by atoms with van der Waals surface area (Å²) >= 11 is 0. The van der Waals surface area contributed by atoms with Crippen LogP contribution in [-0.2, 0) is 6.54 Å². The lowest BCUT2D eigenvalue weighted by molar-refractivity contribution is 0.0995. The number of hydrogen-bond donors (Lipinski definition) is 1. The summed E-state index contributed by atoms with van der Waals surface area (Å²) in [6, 6.07) is 8.90. The van der Waals surface area contributed by atoms with Crippen molar-refractivity contribution in [1.82, 2.24) is 14.9 Å². The van der Waals surface area contributed by atoms with E-state index < -0.39 is 5.91 Å². The minimum atomic E-state index is -0.544. The van der Waals surface area contributed by atoms with Crippen molar-refractivity contribution in [2.24, 2.45) is 5.73 Å². The second-order valence-electron chi connectivity index (χ2n) is 6.79. The van der Waals surface area contributed by atoms with Gasteiger partial charge < -0.3 is 10.6 Å². The predicted molar refractivity (Wildman–Crippen MR) is 98.6 cm³/mol. The third-order valence-electron chi connectivity index (χ3n) is 4.62. The van der Waals surface area contributed by atoms with Gasteiger partial charge >= 0.3 is 0 Å². The topological polar surface area (TPSA) is 75.3 Å². The van der Waals surface area contributed by atoms with E-state index in [4.69, 9.17) is 5.73 Å². The number of aromatic nitrogens is 2. The number of carbonyl (C=O) groups excluding carboxylic acids is 1. The van der Waals surface area contributed by atoms with Crippen molar-refractivity contribution in [3.8, 4) is 0 Å². The Hall–Kier alpha value is -2.47. The molecule has 1 aromatic heterocycles. The lowest BCUT2D eigenvalue weighted by Crippen LogP contribution is -2.46. The molecule has 0 aliphatic carbocycles. The molecule has 25 heavy (non-hydrogen) atoms. The van der Waals surface area contributed by atoms with Gasteiger partial charge in [0.15, 0.2) is 0 Å². The number of nitrogens with zero attached hydrogens (tertiary/aromatic N) is 4. The van der Waals surface area contributed by atoms with Gasteiger partial charge in [0.05, 0.1) is 12.4 Å². The van der Waals surface area contributed by atoms with Crippen molar-refractivity contribution in [3.63, 3.8) is 0 Å². The number of primary amides is 1. The largest absolute Gasteiger partial charge is 0.364 e. The monoisotopic (exact) mass is 339 g/mol. The quantitative estimate of drug-likeness (QED) is 0.902. The van der Waals surface area contributed by atoms with E-state index >= 15 is 0 Å². The van der Waals surface area contributed by atoms with E-state index in [0.717, 1.165) is 38.5 Å². The van der Waals surface area contributed by atoms with Gasteiger partial charge in [-0.05, 0) is 17.0 Å². The van der Waals surface area contributed by atoms with Crippen LogP contribution in [0.15, 0.2) is 36.7 Å². The molecule has 0 atom stereocenters. The van der Waals surface area contributed by atoms with Crippen LogP contribution >= 0.6 is 0 Å². The highest BCUT2D eigenvalue weighted by Crippen LogP contribution is 2.17. The summed E-state index contributed by atoms with van der Waals surface area (Å²) in [6.45, 7) is 9.01. The van der Waals surface area contributed by atoms with Crippen LogP contribution in [0.3, 0.4) is 0 Å². The summed E-state index contributed by atoms with van der Waals surface area (Å²) < 4.78 is 0. The van der Waals surface area contributed by atoms with E-state index in [-0.39, 0.29) is 5.69 Å². The van der Waals surface area contributed by atoms with E-state index in [2.05, 4.69) is 57.9 Å². The molecular formula is C19H25N5O. The van der Waals surface area contributed by atoms with Crippen LogP contribution in [0.2, 0.25) is 0 Å². The molecule has 0 radical (unpaired) electrons. The Morgan fingerprint density at radius 2 is 1.80 bits per heavy atom. The Bertz CT molecular complexity index is 721. The maximum Gasteiger partial charge on any atom is 0.268 e. The van der Waals surface area contributed by atoms with Crippen LogP contribution in [0.25, 0.3) is 0 Å². The summed E-state index contributed by atoms with van der Waals surface area (Å²) in [4.78, 5) is 24.2. The van der Waals surface area contributed by atoms with Gasteiger partial charge in [0.2, 0.25) is 0 Å². The maximum absolute atomic E-state index is 11.3. The molecule has 1 saturated heterocycles. The van der Waals surface area contributed by atoms with E-state index in [9.17, 15) is 4.79 Å². The molecule has 1 aromatic carbocycles. The number of piperazine rings is 1. The summed E-state index contributed by atoms with van der Waals surface area (Å²) in [7, 11) is 0. The van der Waals surface area contributed by atoms with Crippen LogP contribution in [0.5, 0.6) is 0 Å². The number of benzene rings is 1. The van der Waals surface area contributed by atoms with Crippen LogP contribution in [-0.4, -0.2) is 47.0 Å². The highest BCUT2D eigenvalue weighted by atomic mass is 16.1. The summed E-state index contributed by atoms with van der Waals surface area (Å²) in [6.07, 6.45) is 3.09. The third-order valence-corrected chi connectivity index (χ3v) is 4.62. The Kier molecular flexibility index (Phi) is 5.28. The Labute approximate surface area is 148 Å². The van der Waals surface area contributed by atoms with Crippen molar-refractivity contribution in [3.05, 3.63) is 53.5 Å². The molecule has 0 bridgehead atoms. The molecule has 2 heterocycles. The number of anilines is 1. The maximum atomic E-state index is 11.3. The van der Waals surface area contributed by atoms with Gasteiger partial charge in [-0.1, -0.05) is 38.1 Å². The molecule has 2 N–H and O–H groups in total. The molecule has 132 valence electrons. The van der Waals surface area contributed by atoms with Crippen LogP contribution in [0.1, 0.15) is 41.4 Å². The zero-order chi connectivity index (χ0) is 17.8. The van der Waals surface area contributed by atoms with Crippen molar-refractivity contribution < 1.29 is 4.79 Å². The molecule has 1 aliphatic heterocycles. The molecule has 1 fully saturated rings. The molecule has 1 aliphatic rings. The number of nitrogens with two attached hydrogens (primary N) is 1. The van der Waals surface area contributed by atoms with Crippen molar-refractivity contribution in [1.29, 1.82) is 0 Å². The van der Waals surface area contributed by atoms with Crippen LogP contribution in [0.4, 0.5) is 5.82 Å². The first kappa shape index (κ1) is 17.4. The van der Waals surface area contributed by atoms with Crippen molar-refractivity contribution in [2.45, 2.75) is 26.3 Å². The molecular weight excluding hydrogens is 314 g/mol. The van der Waals surface area contributed by atoms with Crippen LogP contribution in [0, 0.1) is 0 Å². The predicted octanol–water partition coefficient (Wildman–Crippen LogP) is 2.02. The Morgan fingerprint density at radius 1 is 1.12 bits per heavy atom. The second kappa shape index (κ2) is 7.61. The molecule has 1 amide bonds. The van der Waals surface area contributed by atoms with Gasteiger partial charge in [-0.2, -0.15) is 0 Å². The lowest BCUT2D eigenvalue weighted by atomic mass is 10.0. The number of hydrogen-bond acceptors (Lipinski definition) is 5. The second-order valence-corrected chi connectivity index (χ2v) is 6.79. The van der Waals surface area contributed by atoms with Crippen molar-refractivity contribution in [2.75, 3.05) is 31.1 Å². The summed E-state index contributed by atoms with van der Waals surface area (Å²) in [5, 5.41) is 0. The van der Waals surface area contributed by atoms with E-state index in [0.29, 0.717) is 5.92 Å². The lowest BCUT2D eigenvalue weighted by Gasteiger charge is -2.35. The zero-order valence-corrected chi connectivity index (χ0v) is 14.9. The average molecular weight is 339 g/mol. The smallest absolute Gasteiger partial charge is 0.268 e. The van der Waals surface area contributed by atoms with Crippen molar-refractivity contribution >= 4 is 11.7 Å². The van der Waals surface area contributed by atoms with Gasteiger partial charge in [0.25, 0.3) is 5.91 Å². The average Bonchev–Trinajstić information content (AvgIpc) is 2.63. The highest BCUT2D eigenvalue weighted by molar-refractivity contribution is 5.90. The van der Waals surface area contributed by atoms with Gasteiger partial charge in [-0.25, -0.2) is 4.98 Å². The molecule has 3 rings (SSSR count). The number of rotatable bonds is 5. The minimum Gasteiger partial charge on any atom is -0.364 e. The fraction of sp³-hybridized carbons (Fsp3) is 0.421. The van der Waals surface area contributed by atoms with Gasteiger partial charge in [0.1, 0.15) is 11.5 Å². The fourth-order valence-electron chi connectivity index (χ4n) is 3.03. The first-order valence-electron chi connectivity index (χ1n) is 8.71. The fourth-order valence-corrected chi connectivity index (χ4v) is 3.03. The standard InChI is InChI=1S/C19H25N5O/c1-14(2)16-5-3-15(4-6-16)13-23-7-9-24(10-8-23)18-12-21-11-17(22-18)19(20)25/h3-6,11-12,14H,7-10,13H2,1-2H3,(H2,20,25). The van der Waals surface area contributed by atoms with Crippen LogP contribution < -0.4 is 10.6 Å². The third kappa shape index (κ3) is 4.33. The molecule has 6 heteroatoms. The molecule has 0 spiro atoms. The van der Waals surface area contributed by atoms with E-state index in [1.165, 1.54) is 17.3 Å². The summed E-state index contributed by atoms with van der Waals surface area (Å²) in [5.74, 6) is 0.741. The Morgan fingerprint density at radius 3 is 2.40 bits per heavy atom. The first-order valence-corrected chi connectivity index (χ1v) is 8.71. The number of amides is 1. The van der Waals surface area contributed by atoms with Gasteiger partial charge in [0, 0.05) is 32.7 Å². The molecule has 6 nitrogen and oxygen atoms in total.